The minimum atomic E-state index is -0.443. The lowest BCUT2D eigenvalue weighted by Gasteiger charge is -2.15. The van der Waals surface area contributed by atoms with Crippen LogP contribution in [0.15, 0.2) is 94.4 Å². The third kappa shape index (κ3) is 3.93. The number of hydrogen-bond acceptors (Lipinski definition) is 4. The van der Waals surface area contributed by atoms with E-state index < -0.39 is 11.8 Å². The summed E-state index contributed by atoms with van der Waals surface area (Å²) in [5.74, 6) is -1.21. The van der Waals surface area contributed by atoms with Gasteiger partial charge in [-0.3, -0.25) is 9.59 Å². The van der Waals surface area contributed by atoms with E-state index in [1.165, 1.54) is 36.0 Å². The second-order valence-corrected chi connectivity index (χ2v) is 7.62. The van der Waals surface area contributed by atoms with Crippen molar-refractivity contribution in [2.75, 3.05) is 10.2 Å². The van der Waals surface area contributed by atoms with Gasteiger partial charge in [-0.15, -0.1) is 0 Å². The molecule has 0 saturated carbocycles. The maximum Gasteiger partial charge on any atom is 0.283 e. The highest BCUT2D eigenvalue weighted by Crippen LogP contribution is 2.37. The van der Waals surface area contributed by atoms with Crippen molar-refractivity contribution < 1.29 is 14.0 Å². The largest absolute Gasteiger partial charge is 0.350 e. The second-order valence-electron chi connectivity index (χ2n) is 6.53. The molecule has 0 unspecified atom stereocenters. The number of halogens is 1. The molecule has 0 radical (unpaired) electrons. The van der Waals surface area contributed by atoms with Crippen molar-refractivity contribution in [1.29, 1.82) is 0 Å². The fraction of sp³-hybridized carbons (Fsp3) is 0.0435. The molecule has 1 aliphatic rings. The number of hydrogen-bond donors (Lipinski definition) is 1. The molecule has 3 aromatic carbocycles. The molecule has 1 heterocycles. The van der Waals surface area contributed by atoms with E-state index in [9.17, 15) is 14.0 Å². The molecular weight excluding hydrogens is 387 g/mol. The van der Waals surface area contributed by atoms with E-state index in [-0.39, 0.29) is 11.5 Å². The number of amides is 2. The van der Waals surface area contributed by atoms with Gasteiger partial charge in [-0.25, -0.2) is 9.29 Å². The first kappa shape index (κ1) is 19.0. The van der Waals surface area contributed by atoms with Crippen LogP contribution in [0.2, 0.25) is 0 Å². The summed E-state index contributed by atoms with van der Waals surface area (Å²) in [6, 6.07) is 22.2. The normalized spacial score (nSPS) is 13.9. The van der Waals surface area contributed by atoms with Gasteiger partial charge in [0.2, 0.25) is 0 Å². The van der Waals surface area contributed by atoms with Crippen LogP contribution in [0, 0.1) is 12.7 Å². The molecule has 4 rings (SSSR count). The first-order valence-corrected chi connectivity index (χ1v) is 9.80. The number of imide groups is 1. The molecule has 0 fully saturated rings. The lowest BCUT2D eigenvalue weighted by molar-refractivity contribution is -0.120. The Balaban J connectivity index is 1.73. The molecule has 0 aliphatic carbocycles. The first-order valence-electron chi connectivity index (χ1n) is 8.98. The number of thioether (sulfide) groups is 1. The average molecular weight is 404 g/mol. The van der Waals surface area contributed by atoms with Crippen molar-refractivity contribution >= 4 is 35.0 Å². The number of anilines is 2. The van der Waals surface area contributed by atoms with Gasteiger partial charge < -0.3 is 5.32 Å². The van der Waals surface area contributed by atoms with Crippen molar-refractivity contribution in [3.8, 4) is 0 Å². The summed E-state index contributed by atoms with van der Waals surface area (Å²) in [4.78, 5) is 28.7. The van der Waals surface area contributed by atoms with Gasteiger partial charge >= 0.3 is 0 Å². The summed E-state index contributed by atoms with van der Waals surface area (Å²) in [6.45, 7) is 1.94. The summed E-state index contributed by atoms with van der Waals surface area (Å²) >= 11 is 1.23. The summed E-state index contributed by atoms with van der Waals surface area (Å²) in [6.07, 6.45) is 0. The predicted molar refractivity (Wildman–Crippen MR) is 113 cm³/mol. The number of nitrogens with one attached hydrogen (secondary N) is 1. The highest BCUT2D eigenvalue weighted by atomic mass is 32.2. The van der Waals surface area contributed by atoms with Gasteiger partial charge in [0.25, 0.3) is 11.8 Å². The van der Waals surface area contributed by atoms with E-state index in [1.807, 2.05) is 49.4 Å². The summed E-state index contributed by atoms with van der Waals surface area (Å²) < 4.78 is 13.2. The Morgan fingerprint density at radius 3 is 2.14 bits per heavy atom. The molecule has 6 heteroatoms. The van der Waals surface area contributed by atoms with Crippen molar-refractivity contribution in [2.24, 2.45) is 0 Å². The Bertz CT molecular complexity index is 1090. The third-order valence-corrected chi connectivity index (χ3v) is 5.50. The van der Waals surface area contributed by atoms with Gasteiger partial charge in [0.1, 0.15) is 16.4 Å². The number of carbonyl (C=O) groups excluding carboxylic acids is 2. The molecule has 0 atom stereocenters. The van der Waals surface area contributed by atoms with Crippen LogP contribution >= 0.6 is 11.8 Å². The molecule has 144 valence electrons. The summed E-state index contributed by atoms with van der Waals surface area (Å²) in [5.41, 5.74) is 2.24. The van der Waals surface area contributed by atoms with E-state index in [0.29, 0.717) is 16.3 Å². The van der Waals surface area contributed by atoms with Gasteiger partial charge in [0.15, 0.2) is 0 Å². The molecule has 0 bridgehead atoms. The predicted octanol–water partition coefficient (Wildman–Crippen LogP) is 5.12. The molecule has 3 aromatic rings. The molecule has 1 N–H and O–H groups in total. The topological polar surface area (TPSA) is 49.4 Å². The molecular formula is C23H17FN2O2S. The SMILES string of the molecule is Cc1ccc(N2C(=O)C(Nc3ccc(F)cc3)=C(Sc3ccccc3)C2=O)cc1. The third-order valence-electron chi connectivity index (χ3n) is 4.41. The van der Waals surface area contributed by atoms with Crippen LogP contribution in [-0.4, -0.2) is 11.8 Å². The summed E-state index contributed by atoms with van der Waals surface area (Å²) in [5, 5.41) is 3.01. The maximum atomic E-state index is 13.2. The van der Waals surface area contributed by atoms with Crippen molar-refractivity contribution in [2.45, 2.75) is 11.8 Å². The summed E-state index contributed by atoms with van der Waals surface area (Å²) in [7, 11) is 0. The van der Waals surface area contributed by atoms with Gasteiger partial charge in [-0.2, -0.15) is 0 Å². The van der Waals surface area contributed by atoms with E-state index in [2.05, 4.69) is 5.32 Å². The van der Waals surface area contributed by atoms with Gasteiger partial charge in [-0.1, -0.05) is 47.7 Å². The quantitative estimate of drug-likeness (QED) is 0.600. The zero-order chi connectivity index (χ0) is 20.4. The number of rotatable bonds is 5. The standard InChI is InChI=1S/C23H17FN2O2S/c1-15-7-13-18(14-8-15)26-22(27)20(25-17-11-9-16(24)10-12-17)21(23(26)28)29-19-5-3-2-4-6-19/h2-14,25H,1H3. The lowest BCUT2D eigenvalue weighted by atomic mass is 10.2. The Kier molecular flexibility index (Phi) is 5.18. The highest BCUT2D eigenvalue weighted by Gasteiger charge is 2.40. The van der Waals surface area contributed by atoms with Crippen molar-refractivity contribution in [3.05, 3.63) is 101 Å². The van der Waals surface area contributed by atoms with Crippen LogP contribution in [-0.2, 0) is 9.59 Å². The zero-order valence-corrected chi connectivity index (χ0v) is 16.4. The second kappa shape index (κ2) is 7.93. The number of carbonyl (C=O) groups is 2. The molecule has 0 spiro atoms. The van der Waals surface area contributed by atoms with Crippen LogP contribution in [0.3, 0.4) is 0 Å². The monoisotopic (exact) mass is 404 g/mol. The van der Waals surface area contributed by atoms with Gasteiger partial charge in [0, 0.05) is 10.6 Å². The average Bonchev–Trinajstić information content (AvgIpc) is 2.95. The Morgan fingerprint density at radius 2 is 1.48 bits per heavy atom. The van der Waals surface area contributed by atoms with Crippen molar-refractivity contribution in [3.63, 3.8) is 0 Å². The van der Waals surface area contributed by atoms with Crippen LogP contribution in [0.1, 0.15) is 5.56 Å². The lowest BCUT2D eigenvalue weighted by Crippen LogP contribution is -2.32. The number of nitrogens with zero attached hydrogens (tertiary/aromatic N) is 1. The van der Waals surface area contributed by atoms with Crippen molar-refractivity contribution in [1.82, 2.24) is 0 Å². The minimum Gasteiger partial charge on any atom is -0.350 e. The Hall–Kier alpha value is -3.38. The molecule has 4 nitrogen and oxygen atoms in total. The molecule has 0 aromatic heterocycles. The fourth-order valence-electron chi connectivity index (χ4n) is 2.93. The van der Waals surface area contributed by atoms with E-state index in [0.717, 1.165) is 15.4 Å². The maximum absolute atomic E-state index is 13.2. The van der Waals surface area contributed by atoms with Gasteiger partial charge in [-0.05, 0) is 55.5 Å². The minimum absolute atomic E-state index is 0.177. The smallest absolute Gasteiger partial charge is 0.283 e. The van der Waals surface area contributed by atoms with Crippen LogP contribution in [0.25, 0.3) is 0 Å². The zero-order valence-electron chi connectivity index (χ0n) is 15.6. The number of aryl methyl sites for hydroxylation is 1. The van der Waals surface area contributed by atoms with Crippen LogP contribution in [0.5, 0.6) is 0 Å². The Morgan fingerprint density at radius 1 is 0.828 bits per heavy atom. The number of benzene rings is 3. The highest BCUT2D eigenvalue weighted by molar-refractivity contribution is 8.04. The molecule has 0 saturated heterocycles. The Labute approximate surface area is 172 Å². The van der Waals surface area contributed by atoms with E-state index in [1.54, 1.807) is 12.1 Å². The van der Waals surface area contributed by atoms with Gasteiger partial charge in [0.05, 0.1) is 5.69 Å². The van der Waals surface area contributed by atoms with E-state index in [4.69, 9.17) is 0 Å². The fourth-order valence-corrected chi connectivity index (χ4v) is 3.87. The molecule has 1 aliphatic heterocycles. The van der Waals surface area contributed by atoms with Crippen LogP contribution < -0.4 is 10.2 Å². The first-order chi connectivity index (χ1) is 14.0. The molecule has 2 amide bonds. The molecule has 29 heavy (non-hydrogen) atoms. The van der Waals surface area contributed by atoms with E-state index >= 15 is 0 Å². The van der Waals surface area contributed by atoms with Crippen LogP contribution in [0.4, 0.5) is 15.8 Å².